The highest BCUT2D eigenvalue weighted by molar-refractivity contribution is 6.31. The molecule has 3 aromatic carbocycles. The fraction of sp³-hybridized carbons (Fsp3) is 0.333. The third kappa shape index (κ3) is 5.60. The van der Waals surface area contributed by atoms with Crippen molar-refractivity contribution in [2.24, 2.45) is 5.92 Å². The highest BCUT2D eigenvalue weighted by Crippen LogP contribution is 2.34. The van der Waals surface area contributed by atoms with Gasteiger partial charge in [-0.2, -0.15) is 0 Å². The Labute approximate surface area is 227 Å². The lowest BCUT2D eigenvalue weighted by Crippen LogP contribution is -2.50. The van der Waals surface area contributed by atoms with Crippen molar-refractivity contribution in [1.29, 1.82) is 0 Å². The minimum absolute atomic E-state index is 0.0432. The minimum atomic E-state index is -0.405. The summed E-state index contributed by atoms with van der Waals surface area (Å²) in [6.45, 7) is 7.93. The van der Waals surface area contributed by atoms with Crippen molar-refractivity contribution < 1.29 is 0 Å². The average molecular weight is 536 g/mol. The van der Waals surface area contributed by atoms with Gasteiger partial charge in [-0.25, -0.2) is 4.98 Å². The summed E-state index contributed by atoms with van der Waals surface area (Å²) in [6.07, 6.45) is 1.45. The maximum absolute atomic E-state index is 13.6. The van der Waals surface area contributed by atoms with Gasteiger partial charge in [-0.05, 0) is 67.6 Å². The van der Waals surface area contributed by atoms with Crippen molar-refractivity contribution in [3.8, 4) is 0 Å². The van der Waals surface area contributed by atoms with Crippen LogP contribution >= 0.6 is 23.2 Å². The van der Waals surface area contributed by atoms with Gasteiger partial charge in [0.2, 0.25) is 0 Å². The number of nitrogens with one attached hydrogen (secondary N) is 2. The van der Waals surface area contributed by atoms with Crippen LogP contribution in [0, 0.1) is 5.92 Å². The second kappa shape index (κ2) is 10.2. The molecule has 0 radical (unpaired) electrons. The van der Waals surface area contributed by atoms with Crippen LogP contribution in [-0.2, 0) is 18.6 Å². The van der Waals surface area contributed by atoms with Gasteiger partial charge in [0.05, 0.1) is 23.1 Å². The molecule has 5 nitrogen and oxygen atoms in total. The molecule has 0 saturated carbocycles. The summed E-state index contributed by atoms with van der Waals surface area (Å²) in [4.78, 5) is 18.6. The summed E-state index contributed by atoms with van der Waals surface area (Å²) in [5.41, 5.74) is 2.33. The Morgan fingerprint density at radius 1 is 1.00 bits per heavy atom. The normalized spacial score (nSPS) is 19.8. The second-order valence-corrected chi connectivity index (χ2v) is 11.7. The molecule has 4 aromatic rings. The predicted octanol–water partition coefficient (Wildman–Crippen LogP) is 6.14. The summed E-state index contributed by atoms with van der Waals surface area (Å²) in [5.74, 6) is 0.967. The highest BCUT2D eigenvalue weighted by Gasteiger charge is 2.44. The van der Waals surface area contributed by atoms with Crippen molar-refractivity contribution in [2.75, 3.05) is 6.54 Å². The zero-order chi connectivity index (χ0) is 26.2. The quantitative estimate of drug-likeness (QED) is 0.298. The Bertz CT molecular complexity index is 1470. The van der Waals surface area contributed by atoms with Gasteiger partial charge in [-0.15, -0.1) is 0 Å². The van der Waals surface area contributed by atoms with Gasteiger partial charge in [0.15, 0.2) is 0 Å². The number of nitrogens with zero attached hydrogens (tertiary/aromatic N) is 2. The molecule has 1 aromatic heterocycles. The lowest BCUT2D eigenvalue weighted by molar-refractivity contribution is 0.241. The number of benzene rings is 3. The van der Waals surface area contributed by atoms with E-state index in [0.29, 0.717) is 33.9 Å². The molecular weight excluding hydrogens is 503 g/mol. The number of fused-ring (bicyclic) bond motifs is 1. The van der Waals surface area contributed by atoms with Crippen LogP contribution in [0.15, 0.2) is 77.6 Å². The van der Waals surface area contributed by atoms with E-state index in [2.05, 4.69) is 43.5 Å². The van der Waals surface area contributed by atoms with Crippen LogP contribution in [0.25, 0.3) is 10.9 Å². The third-order valence-corrected chi connectivity index (χ3v) is 7.57. The molecular formula is C30H32Cl2N4O. The largest absolute Gasteiger partial charge is 0.294 e. The van der Waals surface area contributed by atoms with E-state index in [-0.39, 0.29) is 17.0 Å². The molecule has 1 aliphatic rings. The van der Waals surface area contributed by atoms with E-state index < -0.39 is 5.66 Å². The molecule has 2 N–H and O–H groups in total. The number of hydrogen-bond donors (Lipinski definition) is 2. The molecule has 0 spiro atoms. The van der Waals surface area contributed by atoms with Gasteiger partial charge >= 0.3 is 0 Å². The van der Waals surface area contributed by atoms with Crippen LogP contribution in [0.3, 0.4) is 0 Å². The first-order chi connectivity index (χ1) is 17.6. The van der Waals surface area contributed by atoms with Gasteiger partial charge in [-0.1, -0.05) is 72.6 Å². The molecule has 1 saturated heterocycles. The first kappa shape index (κ1) is 25.9. The molecule has 2 atom stereocenters. The predicted molar refractivity (Wildman–Crippen MR) is 152 cm³/mol. The molecule has 192 valence electrons. The van der Waals surface area contributed by atoms with Crippen LogP contribution in [0.4, 0.5) is 0 Å². The third-order valence-electron chi connectivity index (χ3n) is 7.09. The number of rotatable bonds is 7. The zero-order valence-corrected chi connectivity index (χ0v) is 22.9. The maximum Gasteiger partial charge on any atom is 0.261 e. The van der Waals surface area contributed by atoms with E-state index in [0.717, 1.165) is 29.9 Å². The van der Waals surface area contributed by atoms with E-state index in [1.54, 1.807) is 18.2 Å². The molecule has 7 heteroatoms. The van der Waals surface area contributed by atoms with Crippen molar-refractivity contribution in [1.82, 2.24) is 20.2 Å². The van der Waals surface area contributed by atoms with Gasteiger partial charge in [0.1, 0.15) is 5.82 Å². The van der Waals surface area contributed by atoms with Crippen LogP contribution in [0.1, 0.15) is 44.1 Å². The van der Waals surface area contributed by atoms with Crippen LogP contribution in [-0.4, -0.2) is 21.6 Å². The van der Waals surface area contributed by atoms with Gasteiger partial charge in [-0.3, -0.25) is 20.0 Å². The number of hydrogen-bond acceptors (Lipinski definition) is 4. The van der Waals surface area contributed by atoms with Crippen LogP contribution in [0.5, 0.6) is 0 Å². The lowest BCUT2D eigenvalue weighted by Gasteiger charge is -2.35. The minimum Gasteiger partial charge on any atom is -0.294 e. The maximum atomic E-state index is 13.6. The summed E-state index contributed by atoms with van der Waals surface area (Å²) >= 11 is 12.5. The highest BCUT2D eigenvalue weighted by atomic mass is 35.5. The average Bonchev–Trinajstić information content (AvgIpc) is 3.17. The molecule has 0 amide bonds. The van der Waals surface area contributed by atoms with Crippen molar-refractivity contribution in [3.63, 3.8) is 0 Å². The summed E-state index contributed by atoms with van der Waals surface area (Å²) < 4.78 is 1.82. The summed E-state index contributed by atoms with van der Waals surface area (Å²) in [6, 6.07) is 23.4. The van der Waals surface area contributed by atoms with Gasteiger partial charge in [0, 0.05) is 28.5 Å². The molecule has 1 fully saturated rings. The molecule has 5 rings (SSSR count). The van der Waals surface area contributed by atoms with Gasteiger partial charge < -0.3 is 0 Å². The smallest absolute Gasteiger partial charge is 0.261 e. The molecule has 37 heavy (non-hydrogen) atoms. The van der Waals surface area contributed by atoms with Crippen LogP contribution in [0.2, 0.25) is 10.0 Å². The van der Waals surface area contributed by atoms with Gasteiger partial charge in [0.25, 0.3) is 5.56 Å². The van der Waals surface area contributed by atoms with E-state index in [1.807, 2.05) is 47.0 Å². The Morgan fingerprint density at radius 2 is 1.70 bits per heavy atom. The second-order valence-electron chi connectivity index (χ2n) is 10.9. The van der Waals surface area contributed by atoms with Crippen molar-refractivity contribution in [2.45, 2.75) is 51.4 Å². The molecule has 2 heterocycles. The van der Waals surface area contributed by atoms with E-state index >= 15 is 0 Å². The van der Waals surface area contributed by atoms with E-state index in [4.69, 9.17) is 28.2 Å². The molecule has 0 bridgehead atoms. The summed E-state index contributed by atoms with van der Waals surface area (Å²) in [7, 11) is 0. The first-order valence-electron chi connectivity index (χ1n) is 12.7. The Kier molecular flexibility index (Phi) is 7.16. The number of aromatic nitrogens is 2. The molecule has 2 unspecified atom stereocenters. The monoisotopic (exact) mass is 534 g/mol. The zero-order valence-electron chi connectivity index (χ0n) is 21.4. The SMILES string of the molecule is CC(Cc1nc2cc(Cl)ccc2c(=O)n1Cc1ccccc1)CC1(c2ccc(Cl)cc2)NCC(C)(C)N1. The summed E-state index contributed by atoms with van der Waals surface area (Å²) in [5, 5.41) is 9.46. The first-order valence-corrected chi connectivity index (χ1v) is 13.4. The number of halogens is 2. The topological polar surface area (TPSA) is 59.0 Å². The van der Waals surface area contributed by atoms with Crippen molar-refractivity contribution in [3.05, 3.63) is 110 Å². The van der Waals surface area contributed by atoms with Crippen molar-refractivity contribution >= 4 is 34.1 Å². The fourth-order valence-electron chi connectivity index (χ4n) is 5.42. The lowest BCUT2D eigenvalue weighted by atomic mass is 9.87. The van der Waals surface area contributed by atoms with Crippen LogP contribution < -0.4 is 16.2 Å². The Morgan fingerprint density at radius 3 is 2.38 bits per heavy atom. The van der Waals surface area contributed by atoms with E-state index in [1.165, 1.54) is 0 Å². The molecule has 1 aliphatic heterocycles. The Balaban J connectivity index is 1.51. The molecule has 0 aliphatic carbocycles. The van der Waals surface area contributed by atoms with E-state index in [9.17, 15) is 4.79 Å². The Hall–Kier alpha value is -2.70. The fourth-order valence-corrected chi connectivity index (χ4v) is 5.71. The standard InChI is InChI=1S/C30H32Cl2N4O/c1-20(17-30(33-19-29(2,3)35-30)22-9-11-23(31)12-10-22)15-27-34-26-16-24(32)13-14-25(26)28(37)36(27)18-21-7-5-4-6-8-21/h4-14,16,20,33,35H,15,17-19H2,1-3H3.